The van der Waals surface area contributed by atoms with E-state index in [1.165, 1.54) is 25.7 Å². The average molecular weight is 336 g/mol. The summed E-state index contributed by atoms with van der Waals surface area (Å²) >= 11 is 0. The molecular weight excluding hydrogens is 308 g/mol. The predicted molar refractivity (Wildman–Crippen MR) is 91.1 cm³/mol. The first-order valence-corrected chi connectivity index (χ1v) is 8.98. The largest absolute Gasteiger partial charge is 0.464 e. The molecule has 0 aromatic carbocycles. The second kappa shape index (κ2) is 9.49. The number of unbranched alkanes of at least 4 members (excludes halogenated alkanes) is 6. The summed E-state index contributed by atoms with van der Waals surface area (Å²) in [5, 5.41) is 10.8. The first-order chi connectivity index (χ1) is 11.7. The van der Waals surface area contributed by atoms with Crippen molar-refractivity contribution in [1.29, 1.82) is 0 Å². The summed E-state index contributed by atoms with van der Waals surface area (Å²) in [6.45, 7) is 4.73. The van der Waals surface area contributed by atoms with Crippen LogP contribution in [-0.4, -0.2) is 43.5 Å². The Morgan fingerprint density at radius 2 is 1.88 bits per heavy atom. The van der Waals surface area contributed by atoms with Gasteiger partial charge in [0.25, 0.3) is 0 Å². The highest BCUT2D eigenvalue weighted by atomic mass is 16.5. The molecule has 1 atom stereocenters. The lowest BCUT2D eigenvalue weighted by atomic mass is 10.00. The number of nitrogens with one attached hydrogen (secondary N) is 1. The summed E-state index contributed by atoms with van der Waals surface area (Å²) < 4.78 is 4.84. The van der Waals surface area contributed by atoms with Gasteiger partial charge < -0.3 is 15.0 Å². The Labute approximate surface area is 143 Å². The van der Waals surface area contributed by atoms with Crippen molar-refractivity contribution in [3.63, 3.8) is 0 Å². The molecule has 24 heavy (non-hydrogen) atoms. The fraction of sp³-hybridized carbons (Fsp3) is 0.824. The molecule has 1 amide bonds. The van der Waals surface area contributed by atoms with Crippen LogP contribution >= 0.6 is 0 Å². The molecule has 2 rings (SSSR count). The Morgan fingerprint density at radius 1 is 1.21 bits per heavy atom. The average Bonchev–Trinajstić information content (AvgIpc) is 3.20. The lowest BCUT2D eigenvalue weighted by Crippen LogP contribution is -2.39. The van der Waals surface area contributed by atoms with Crippen molar-refractivity contribution >= 4 is 18.6 Å². The number of rotatable bonds is 13. The minimum atomic E-state index is -0.526. The van der Waals surface area contributed by atoms with Crippen molar-refractivity contribution in [3.05, 3.63) is 0 Å². The molecule has 1 fully saturated rings. The fourth-order valence-electron chi connectivity index (χ4n) is 2.97. The zero-order valence-electron chi connectivity index (χ0n) is 14.3. The molecule has 0 unspecified atom stereocenters. The van der Waals surface area contributed by atoms with Crippen LogP contribution in [0, 0.1) is 0 Å². The fourth-order valence-corrected chi connectivity index (χ4v) is 2.97. The number of carbonyl (C=O) groups excluding carboxylic acids is 2. The molecular formula is C17H28N4O3. The normalized spacial score (nSPS) is 20.7. The van der Waals surface area contributed by atoms with Gasteiger partial charge in [0.2, 0.25) is 5.91 Å². The molecule has 7 heteroatoms. The van der Waals surface area contributed by atoms with Gasteiger partial charge >= 0.3 is 5.97 Å². The number of amides is 1. The quantitative estimate of drug-likeness (QED) is 0.318. The Morgan fingerprint density at radius 3 is 2.46 bits per heavy atom. The van der Waals surface area contributed by atoms with Crippen molar-refractivity contribution in [1.82, 2.24) is 5.32 Å². The minimum absolute atomic E-state index is 0.167. The first kappa shape index (κ1) is 18.5. The van der Waals surface area contributed by atoms with Crippen LogP contribution in [0.15, 0.2) is 15.2 Å². The Balaban J connectivity index is 1.50. The van der Waals surface area contributed by atoms with E-state index in [9.17, 15) is 9.59 Å². The first-order valence-electron chi connectivity index (χ1n) is 8.98. The zero-order chi connectivity index (χ0) is 17.3. The third-order valence-corrected chi connectivity index (χ3v) is 4.49. The van der Waals surface area contributed by atoms with E-state index in [0.29, 0.717) is 13.0 Å². The van der Waals surface area contributed by atoms with E-state index in [4.69, 9.17) is 4.74 Å². The van der Waals surface area contributed by atoms with E-state index in [2.05, 4.69) is 27.3 Å². The predicted octanol–water partition coefficient (Wildman–Crippen LogP) is 2.79. The monoisotopic (exact) mass is 336 g/mol. The van der Waals surface area contributed by atoms with Crippen LogP contribution in [0.25, 0.3) is 0 Å². The number of nitrogens with zero attached hydrogens (tertiary/aromatic N) is 3. The van der Waals surface area contributed by atoms with Gasteiger partial charge in [-0.25, -0.2) is 4.79 Å². The third-order valence-electron chi connectivity index (χ3n) is 4.49. The Hall–Kier alpha value is -1.79. The van der Waals surface area contributed by atoms with Gasteiger partial charge in [-0.2, -0.15) is 10.2 Å². The number of carbonyl (C=O) groups is 2. The highest BCUT2D eigenvalue weighted by molar-refractivity contribution is 5.86. The van der Waals surface area contributed by atoms with Crippen LogP contribution in [0.2, 0.25) is 0 Å². The molecule has 0 radical (unpaired) electrons. The van der Waals surface area contributed by atoms with Crippen molar-refractivity contribution in [2.75, 3.05) is 13.2 Å². The van der Waals surface area contributed by atoms with Crippen LogP contribution in [-0.2, 0) is 14.3 Å². The maximum atomic E-state index is 12.0. The molecule has 134 valence electrons. The van der Waals surface area contributed by atoms with E-state index in [1.807, 2.05) is 0 Å². The van der Waals surface area contributed by atoms with Crippen LogP contribution in [0.5, 0.6) is 0 Å². The molecule has 7 nitrogen and oxygen atoms in total. The maximum Gasteiger partial charge on any atom is 0.328 e. The van der Waals surface area contributed by atoms with E-state index in [0.717, 1.165) is 32.2 Å². The van der Waals surface area contributed by atoms with Crippen LogP contribution < -0.4 is 5.32 Å². The smallest absolute Gasteiger partial charge is 0.328 e. The van der Waals surface area contributed by atoms with Crippen molar-refractivity contribution in [2.45, 2.75) is 75.9 Å². The zero-order valence-corrected chi connectivity index (χ0v) is 14.3. The third kappa shape index (κ3) is 6.37. The van der Waals surface area contributed by atoms with E-state index < -0.39 is 11.7 Å². The molecule has 1 N–H and O–H groups in total. The van der Waals surface area contributed by atoms with E-state index in [-0.39, 0.29) is 18.3 Å². The van der Waals surface area contributed by atoms with Gasteiger partial charge in [-0.15, -0.1) is 0 Å². The molecule has 0 saturated carbocycles. The topological polar surface area (TPSA) is 92.5 Å². The Kier molecular flexibility index (Phi) is 7.34. The standard InChI is InChI=1S/C17H28N4O3/c1-18-11-8-6-4-2-3-5-7-10-17(20-21-17)13-15(22)19-14-9-12-24-16(14)23/h14H,1-13H2,(H,19,22)/t14-/m0/s1. The highest BCUT2D eigenvalue weighted by Gasteiger charge is 2.42. The van der Waals surface area contributed by atoms with Gasteiger partial charge in [-0.1, -0.05) is 32.1 Å². The van der Waals surface area contributed by atoms with Gasteiger partial charge in [-0.05, 0) is 26.0 Å². The van der Waals surface area contributed by atoms with E-state index >= 15 is 0 Å². The summed E-state index contributed by atoms with van der Waals surface area (Å²) in [6, 6.07) is -0.496. The lowest BCUT2D eigenvalue weighted by molar-refractivity contribution is -0.141. The summed E-state index contributed by atoms with van der Waals surface area (Å²) in [4.78, 5) is 27.2. The van der Waals surface area contributed by atoms with Crippen LogP contribution in [0.3, 0.4) is 0 Å². The van der Waals surface area contributed by atoms with Gasteiger partial charge in [-0.3, -0.25) is 4.79 Å². The number of ether oxygens (including phenoxy) is 1. The lowest BCUT2D eigenvalue weighted by Gasteiger charge is -2.12. The summed E-state index contributed by atoms with van der Waals surface area (Å²) in [6.07, 6.45) is 9.82. The molecule has 0 spiro atoms. The second-order valence-corrected chi connectivity index (χ2v) is 6.61. The van der Waals surface area contributed by atoms with Gasteiger partial charge in [0.15, 0.2) is 5.66 Å². The number of hydrogen-bond acceptors (Lipinski definition) is 6. The van der Waals surface area contributed by atoms with Crippen molar-refractivity contribution in [2.24, 2.45) is 15.2 Å². The number of esters is 1. The molecule has 0 aromatic rings. The molecule has 0 bridgehead atoms. The molecule has 0 aliphatic carbocycles. The molecule has 1 saturated heterocycles. The number of cyclic esters (lactones) is 1. The van der Waals surface area contributed by atoms with E-state index in [1.54, 1.807) is 0 Å². The van der Waals surface area contributed by atoms with Crippen molar-refractivity contribution < 1.29 is 14.3 Å². The van der Waals surface area contributed by atoms with Gasteiger partial charge in [0, 0.05) is 13.0 Å². The summed E-state index contributed by atoms with van der Waals surface area (Å²) in [5.41, 5.74) is -0.526. The van der Waals surface area contributed by atoms with Crippen LogP contribution in [0.4, 0.5) is 0 Å². The van der Waals surface area contributed by atoms with Gasteiger partial charge in [0.1, 0.15) is 6.04 Å². The number of aliphatic imine (C=N–C) groups is 1. The summed E-state index contributed by atoms with van der Waals surface area (Å²) in [5.74, 6) is -0.509. The Bertz CT molecular complexity index is 472. The van der Waals surface area contributed by atoms with Gasteiger partial charge in [0.05, 0.1) is 13.0 Å². The molecule has 0 aromatic heterocycles. The summed E-state index contributed by atoms with van der Waals surface area (Å²) in [7, 11) is 0. The minimum Gasteiger partial charge on any atom is -0.464 e. The second-order valence-electron chi connectivity index (χ2n) is 6.61. The maximum absolute atomic E-state index is 12.0. The van der Waals surface area contributed by atoms with Crippen molar-refractivity contribution in [3.8, 4) is 0 Å². The molecule has 2 aliphatic heterocycles. The molecule has 2 heterocycles. The van der Waals surface area contributed by atoms with Crippen LogP contribution in [0.1, 0.15) is 64.2 Å². The highest BCUT2D eigenvalue weighted by Crippen LogP contribution is 2.37. The number of hydrogen-bond donors (Lipinski definition) is 1. The SMILES string of the molecule is C=NCCCCCCCCCC1(CC(=O)N[C@H]2CCOC2=O)N=N1. The molecule has 2 aliphatic rings.